The lowest BCUT2D eigenvalue weighted by Gasteiger charge is -2.43. The van der Waals surface area contributed by atoms with Crippen molar-refractivity contribution in [1.29, 1.82) is 0 Å². The SMILES string of the molecule is CCC(C)c1ccc(OC(OC2CC3CCC2(C)C3(C)C)C(C)(C)c2ccccc2)cc1. The normalized spacial score (nSPS) is 28.5. The Morgan fingerprint density at radius 3 is 2.19 bits per heavy atom. The van der Waals surface area contributed by atoms with Crippen LogP contribution in [0.2, 0.25) is 0 Å². The average molecular weight is 435 g/mol. The summed E-state index contributed by atoms with van der Waals surface area (Å²) in [5.41, 5.74) is 2.85. The van der Waals surface area contributed by atoms with Crippen molar-refractivity contribution in [2.24, 2.45) is 16.7 Å². The zero-order valence-corrected chi connectivity index (χ0v) is 21.2. The molecule has 2 aliphatic carbocycles. The van der Waals surface area contributed by atoms with Gasteiger partial charge in [0.25, 0.3) is 0 Å². The summed E-state index contributed by atoms with van der Waals surface area (Å²) in [6.45, 7) is 16.3. The Bertz CT molecular complexity index is 898. The fourth-order valence-corrected chi connectivity index (χ4v) is 6.07. The van der Waals surface area contributed by atoms with Crippen molar-refractivity contribution < 1.29 is 9.47 Å². The second-order valence-corrected chi connectivity index (χ2v) is 11.7. The first-order valence-electron chi connectivity index (χ1n) is 12.6. The molecule has 5 unspecified atom stereocenters. The quantitative estimate of drug-likeness (QED) is 0.391. The van der Waals surface area contributed by atoms with Gasteiger partial charge in [0.15, 0.2) is 0 Å². The average Bonchev–Trinajstić information content (AvgIpc) is 3.12. The topological polar surface area (TPSA) is 18.5 Å². The number of benzene rings is 2. The highest BCUT2D eigenvalue weighted by molar-refractivity contribution is 5.31. The van der Waals surface area contributed by atoms with Gasteiger partial charge in [0.1, 0.15) is 5.75 Å². The molecule has 2 saturated carbocycles. The maximum absolute atomic E-state index is 6.98. The first-order chi connectivity index (χ1) is 15.1. The molecule has 0 amide bonds. The van der Waals surface area contributed by atoms with Gasteiger partial charge >= 0.3 is 0 Å². The van der Waals surface area contributed by atoms with Gasteiger partial charge in [-0.3, -0.25) is 0 Å². The lowest BCUT2D eigenvalue weighted by Crippen LogP contribution is -2.47. The molecule has 0 heterocycles. The van der Waals surface area contributed by atoms with Gasteiger partial charge in [-0.05, 0) is 85.5 Å². The van der Waals surface area contributed by atoms with E-state index in [9.17, 15) is 0 Å². The molecule has 2 heteroatoms. The van der Waals surface area contributed by atoms with E-state index in [0.29, 0.717) is 11.3 Å². The fourth-order valence-electron chi connectivity index (χ4n) is 6.07. The lowest BCUT2D eigenvalue weighted by atomic mass is 9.70. The van der Waals surface area contributed by atoms with E-state index in [1.165, 1.54) is 24.0 Å². The zero-order chi connectivity index (χ0) is 23.1. The molecule has 2 aromatic carbocycles. The molecule has 2 fully saturated rings. The Balaban J connectivity index is 1.62. The van der Waals surface area contributed by atoms with Gasteiger partial charge in [-0.1, -0.05) is 77.1 Å². The molecular formula is C30H42O2. The van der Waals surface area contributed by atoms with Crippen molar-refractivity contribution in [2.75, 3.05) is 0 Å². The molecule has 32 heavy (non-hydrogen) atoms. The molecule has 2 bridgehead atoms. The summed E-state index contributed by atoms with van der Waals surface area (Å²) in [6.07, 6.45) is 4.73. The van der Waals surface area contributed by atoms with Gasteiger partial charge in [0.2, 0.25) is 6.29 Å². The van der Waals surface area contributed by atoms with E-state index in [0.717, 1.165) is 24.5 Å². The fraction of sp³-hybridized carbons (Fsp3) is 0.600. The van der Waals surface area contributed by atoms with Crippen molar-refractivity contribution in [1.82, 2.24) is 0 Å². The number of ether oxygens (including phenoxy) is 2. The van der Waals surface area contributed by atoms with Crippen LogP contribution in [0, 0.1) is 16.7 Å². The van der Waals surface area contributed by atoms with Crippen LogP contribution in [0.15, 0.2) is 54.6 Å². The van der Waals surface area contributed by atoms with Crippen LogP contribution in [0.4, 0.5) is 0 Å². The largest absolute Gasteiger partial charge is 0.464 e. The van der Waals surface area contributed by atoms with Gasteiger partial charge < -0.3 is 9.47 Å². The van der Waals surface area contributed by atoms with Crippen molar-refractivity contribution in [2.45, 2.75) is 97.9 Å². The lowest BCUT2D eigenvalue weighted by molar-refractivity contribution is -0.185. The van der Waals surface area contributed by atoms with Crippen molar-refractivity contribution >= 4 is 0 Å². The van der Waals surface area contributed by atoms with E-state index in [4.69, 9.17) is 9.47 Å². The summed E-state index contributed by atoms with van der Waals surface area (Å²) < 4.78 is 13.6. The van der Waals surface area contributed by atoms with Crippen molar-refractivity contribution in [3.8, 4) is 5.75 Å². The van der Waals surface area contributed by atoms with E-state index in [1.54, 1.807) is 0 Å². The van der Waals surface area contributed by atoms with Crippen molar-refractivity contribution in [3.63, 3.8) is 0 Å². The van der Waals surface area contributed by atoms with Crippen LogP contribution in [0.1, 0.15) is 91.2 Å². The van der Waals surface area contributed by atoms with E-state index in [1.807, 2.05) is 0 Å². The highest BCUT2D eigenvalue weighted by Gasteiger charge is 2.62. The number of fused-ring (bicyclic) bond motifs is 2. The monoisotopic (exact) mass is 434 g/mol. The maximum Gasteiger partial charge on any atom is 0.209 e. The summed E-state index contributed by atoms with van der Waals surface area (Å²) in [7, 11) is 0. The van der Waals surface area contributed by atoms with Crippen LogP contribution in [0.25, 0.3) is 0 Å². The zero-order valence-electron chi connectivity index (χ0n) is 21.2. The summed E-state index contributed by atoms with van der Waals surface area (Å²) in [6, 6.07) is 19.3. The Labute approximate surface area is 195 Å². The molecule has 2 aromatic rings. The summed E-state index contributed by atoms with van der Waals surface area (Å²) in [5, 5.41) is 0. The highest BCUT2D eigenvalue weighted by Crippen LogP contribution is 2.66. The second kappa shape index (κ2) is 8.52. The van der Waals surface area contributed by atoms with Crippen LogP contribution in [-0.4, -0.2) is 12.4 Å². The minimum Gasteiger partial charge on any atom is -0.464 e. The highest BCUT2D eigenvalue weighted by atomic mass is 16.7. The first-order valence-corrected chi connectivity index (χ1v) is 12.6. The summed E-state index contributed by atoms with van der Waals surface area (Å²) in [4.78, 5) is 0. The van der Waals surface area contributed by atoms with Gasteiger partial charge in [0, 0.05) is 0 Å². The van der Waals surface area contributed by atoms with Gasteiger partial charge in [0.05, 0.1) is 11.5 Å². The van der Waals surface area contributed by atoms with Gasteiger partial charge in [-0.25, -0.2) is 0 Å². The van der Waals surface area contributed by atoms with Crippen molar-refractivity contribution in [3.05, 3.63) is 65.7 Å². The number of hydrogen-bond donors (Lipinski definition) is 0. The molecule has 0 N–H and O–H groups in total. The minimum absolute atomic E-state index is 0.201. The van der Waals surface area contributed by atoms with Crippen LogP contribution >= 0.6 is 0 Å². The molecule has 0 radical (unpaired) electrons. The molecule has 0 spiro atoms. The van der Waals surface area contributed by atoms with E-state index >= 15 is 0 Å². The third-order valence-corrected chi connectivity index (χ3v) is 9.41. The van der Waals surface area contributed by atoms with Gasteiger partial charge in [-0.15, -0.1) is 0 Å². The molecular weight excluding hydrogens is 392 g/mol. The van der Waals surface area contributed by atoms with Crippen LogP contribution in [0.3, 0.4) is 0 Å². The number of rotatable bonds is 8. The Kier molecular flexibility index (Phi) is 6.22. The van der Waals surface area contributed by atoms with Crippen LogP contribution < -0.4 is 4.74 Å². The standard InChI is InChI=1S/C30H42O2/c1-8-21(2)22-14-16-25(17-15-22)31-27(28(3,4)23-12-10-9-11-13-23)32-26-20-24-18-19-30(26,7)29(24,5)6/h9-17,21,24,26-27H,8,18-20H2,1-7H3. The first kappa shape index (κ1) is 23.4. The Morgan fingerprint density at radius 2 is 1.66 bits per heavy atom. The maximum atomic E-state index is 6.98. The molecule has 0 aromatic heterocycles. The van der Waals surface area contributed by atoms with Gasteiger partial charge in [-0.2, -0.15) is 0 Å². The number of hydrogen-bond acceptors (Lipinski definition) is 2. The van der Waals surface area contributed by atoms with E-state index in [-0.39, 0.29) is 23.2 Å². The predicted molar refractivity (Wildman–Crippen MR) is 133 cm³/mol. The van der Waals surface area contributed by atoms with Crippen LogP contribution in [-0.2, 0) is 10.2 Å². The summed E-state index contributed by atoms with van der Waals surface area (Å²) >= 11 is 0. The minimum atomic E-state index is -0.351. The molecule has 4 rings (SSSR count). The Hall–Kier alpha value is -1.80. The second-order valence-electron chi connectivity index (χ2n) is 11.7. The summed E-state index contributed by atoms with van der Waals surface area (Å²) in [5.74, 6) is 2.19. The Morgan fingerprint density at radius 1 is 1.00 bits per heavy atom. The molecule has 2 aliphatic rings. The van der Waals surface area contributed by atoms with E-state index in [2.05, 4.69) is 103 Å². The third-order valence-electron chi connectivity index (χ3n) is 9.41. The molecule has 2 nitrogen and oxygen atoms in total. The molecule has 5 atom stereocenters. The third kappa shape index (κ3) is 3.89. The molecule has 0 saturated heterocycles. The van der Waals surface area contributed by atoms with Crippen LogP contribution in [0.5, 0.6) is 5.75 Å². The predicted octanol–water partition coefficient (Wildman–Crippen LogP) is 8.11. The smallest absolute Gasteiger partial charge is 0.209 e. The molecule has 174 valence electrons. The van der Waals surface area contributed by atoms with E-state index < -0.39 is 0 Å². The molecule has 0 aliphatic heterocycles.